The van der Waals surface area contributed by atoms with E-state index in [1.165, 1.54) is 4.80 Å². The summed E-state index contributed by atoms with van der Waals surface area (Å²) in [4.78, 5) is 22.5. The molecule has 2 amide bonds. The van der Waals surface area contributed by atoms with Crippen molar-refractivity contribution in [3.8, 4) is 5.88 Å². The number of hydrogen-bond donors (Lipinski definition) is 1. The monoisotopic (exact) mass is 357 g/mol. The zero-order chi connectivity index (χ0) is 18.3. The van der Waals surface area contributed by atoms with Gasteiger partial charge in [0.05, 0.1) is 13.7 Å². The average molecular weight is 357 g/mol. The van der Waals surface area contributed by atoms with Gasteiger partial charge >= 0.3 is 6.03 Å². The van der Waals surface area contributed by atoms with Crippen molar-refractivity contribution in [3.63, 3.8) is 0 Å². The number of rotatable bonds is 3. The van der Waals surface area contributed by atoms with Gasteiger partial charge in [0.15, 0.2) is 5.82 Å². The van der Waals surface area contributed by atoms with Crippen molar-refractivity contribution in [1.82, 2.24) is 24.9 Å². The Labute approximate surface area is 151 Å². The first-order valence-corrected chi connectivity index (χ1v) is 8.79. The highest BCUT2D eigenvalue weighted by molar-refractivity contribution is 5.90. The van der Waals surface area contributed by atoms with Crippen LogP contribution in [0.25, 0.3) is 0 Å². The van der Waals surface area contributed by atoms with Gasteiger partial charge in [0, 0.05) is 32.4 Å². The molecular weight excluding hydrogens is 334 g/mol. The van der Waals surface area contributed by atoms with E-state index in [4.69, 9.17) is 4.74 Å². The van der Waals surface area contributed by atoms with Gasteiger partial charge in [-0.15, -0.1) is 5.10 Å². The van der Waals surface area contributed by atoms with E-state index < -0.39 is 0 Å². The van der Waals surface area contributed by atoms with Crippen molar-refractivity contribution in [2.45, 2.75) is 32.4 Å². The first-order valence-electron chi connectivity index (χ1n) is 8.79. The zero-order valence-electron chi connectivity index (χ0n) is 15.3. The van der Waals surface area contributed by atoms with Crippen LogP contribution in [0.1, 0.15) is 24.1 Å². The molecule has 1 N–H and O–H groups in total. The minimum Gasteiger partial charge on any atom is -0.480 e. The van der Waals surface area contributed by atoms with Gasteiger partial charge < -0.3 is 14.5 Å². The number of nitrogens with one attached hydrogen (secondary N) is 1. The number of piperidine rings is 1. The number of carbonyl (C=O) groups is 1. The Bertz CT molecular complexity index is 827. The summed E-state index contributed by atoms with van der Waals surface area (Å²) >= 11 is 0. The van der Waals surface area contributed by atoms with Gasteiger partial charge in [0.25, 0.3) is 0 Å². The van der Waals surface area contributed by atoms with Crippen LogP contribution in [0.4, 0.5) is 16.3 Å². The second kappa shape index (κ2) is 6.47. The first-order chi connectivity index (χ1) is 12.6. The molecule has 26 heavy (non-hydrogen) atoms. The summed E-state index contributed by atoms with van der Waals surface area (Å²) < 4.78 is 5.44. The number of ether oxygens (including phenoxy) is 1. The predicted molar refractivity (Wildman–Crippen MR) is 96.3 cm³/mol. The summed E-state index contributed by atoms with van der Waals surface area (Å²) in [6, 6.07) is 2.09. The maximum atomic E-state index is 12.5. The summed E-state index contributed by atoms with van der Waals surface area (Å²) in [6.45, 7) is 4.28. The highest BCUT2D eigenvalue weighted by Crippen LogP contribution is 2.33. The molecule has 9 heteroatoms. The Hall–Kier alpha value is -2.84. The van der Waals surface area contributed by atoms with Crippen LogP contribution in [0.5, 0.6) is 5.88 Å². The molecule has 2 aromatic rings. The summed E-state index contributed by atoms with van der Waals surface area (Å²) in [6.07, 6.45) is 3.54. The van der Waals surface area contributed by atoms with Crippen LogP contribution < -0.4 is 15.0 Å². The van der Waals surface area contributed by atoms with E-state index >= 15 is 0 Å². The Morgan fingerprint density at radius 2 is 2.04 bits per heavy atom. The molecule has 0 aromatic carbocycles. The molecule has 9 nitrogen and oxygen atoms in total. The Kier molecular flexibility index (Phi) is 4.14. The molecule has 0 radical (unpaired) electrons. The minimum atomic E-state index is -0.0911. The number of pyridine rings is 1. The van der Waals surface area contributed by atoms with E-state index in [1.807, 2.05) is 11.0 Å². The van der Waals surface area contributed by atoms with Gasteiger partial charge in [-0.25, -0.2) is 9.78 Å². The molecule has 2 aliphatic rings. The van der Waals surface area contributed by atoms with Crippen LogP contribution in [0.3, 0.4) is 0 Å². The number of fused-ring (bicyclic) bond motifs is 1. The maximum Gasteiger partial charge on any atom is 0.323 e. The molecule has 0 spiro atoms. The zero-order valence-corrected chi connectivity index (χ0v) is 15.3. The third-order valence-electron chi connectivity index (χ3n) is 5.10. The van der Waals surface area contributed by atoms with E-state index in [2.05, 4.69) is 32.3 Å². The number of urea groups is 1. The van der Waals surface area contributed by atoms with Crippen LogP contribution in [0.2, 0.25) is 0 Å². The van der Waals surface area contributed by atoms with Gasteiger partial charge in [0.1, 0.15) is 11.4 Å². The van der Waals surface area contributed by atoms with Gasteiger partial charge in [-0.3, -0.25) is 5.32 Å². The highest BCUT2D eigenvalue weighted by atomic mass is 16.5. The SMILES string of the molecule is COc1nccc(C)c1N1CCC(N2Cc3nn(C)nc3NC2=O)CC1. The average Bonchev–Trinajstić information content (AvgIpc) is 3.00. The predicted octanol–water partition coefficient (Wildman–Crippen LogP) is 1.54. The third-order valence-corrected chi connectivity index (χ3v) is 5.10. The smallest absolute Gasteiger partial charge is 0.323 e. The van der Waals surface area contributed by atoms with Gasteiger partial charge in [-0.05, 0) is 31.4 Å². The van der Waals surface area contributed by atoms with E-state index in [0.29, 0.717) is 18.2 Å². The Morgan fingerprint density at radius 1 is 1.27 bits per heavy atom. The number of anilines is 2. The van der Waals surface area contributed by atoms with Gasteiger partial charge in [0.2, 0.25) is 5.88 Å². The Balaban J connectivity index is 1.47. The fourth-order valence-corrected chi connectivity index (χ4v) is 3.81. The molecule has 138 valence electrons. The van der Waals surface area contributed by atoms with Crippen molar-refractivity contribution in [2.24, 2.45) is 7.05 Å². The molecule has 1 saturated heterocycles. The second-order valence-electron chi connectivity index (χ2n) is 6.75. The van der Waals surface area contributed by atoms with Crippen molar-refractivity contribution in [1.29, 1.82) is 0 Å². The van der Waals surface area contributed by atoms with E-state index in [9.17, 15) is 4.79 Å². The standard InChI is InChI=1S/C17H23N7O2/c1-11-4-7-18-16(26-3)14(11)23-8-5-12(6-9-23)24-10-13-15(19-17(24)25)21-22(2)20-13/h4,7,12H,5-6,8-10H2,1-3H3,(H,19,21,25). The molecule has 0 aliphatic carbocycles. The first kappa shape index (κ1) is 16.6. The molecule has 1 fully saturated rings. The fraction of sp³-hybridized carbons (Fsp3) is 0.529. The Morgan fingerprint density at radius 3 is 2.77 bits per heavy atom. The van der Waals surface area contributed by atoms with Crippen molar-refractivity contribution in [2.75, 3.05) is 30.4 Å². The molecule has 0 atom stereocenters. The third kappa shape index (κ3) is 2.83. The fourth-order valence-electron chi connectivity index (χ4n) is 3.81. The summed E-state index contributed by atoms with van der Waals surface area (Å²) in [5, 5.41) is 11.4. The molecule has 2 aromatic heterocycles. The van der Waals surface area contributed by atoms with Crippen LogP contribution in [0, 0.1) is 6.92 Å². The van der Waals surface area contributed by atoms with Crippen molar-refractivity contribution >= 4 is 17.5 Å². The molecule has 4 rings (SSSR count). The van der Waals surface area contributed by atoms with Crippen LogP contribution >= 0.6 is 0 Å². The van der Waals surface area contributed by atoms with Crippen LogP contribution in [-0.2, 0) is 13.6 Å². The van der Waals surface area contributed by atoms with Gasteiger partial charge in [-0.1, -0.05) is 0 Å². The van der Waals surface area contributed by atoms with Crippen molar-refractivity contribution < 1.29 is 9.53 Å². The number of methoxy groups -OCH3 is 1. The van der Waals surface area contributed by atoms with Crippen LogP contribution in [0.15, 0.2) is 12.3 Å². The molecule has 0 saturated carbocycles. The number of carbonyl (C=O) groups excluding carboxylic acids is 1. The lowest BCUT2D eigenvalue weighted by Crippen LogP contribution is -2.50. The molecule has 0 unspecified atom stereocenters. The highest BCUT2D eigenvalue weighted by Gasteiger charge is 2.34. The van der Waals surface area contributed by atoms with E-state index in [1.54, 1.807) is 20.4 Å². The number of aryl methyl sites for hydroxylation is 2. The normalized spacial score (nSPS) is 17.9. The molecular formula is C17H23N7O2. The van der Waals surface area contributed by atoms with Crippen molar-refractivity contribution in [3.05, 3.63) is 23.5 Å². The number of aromatic nitrogens is 4. The largest absolute Gasteiger partial charge is 0.480 e. The van der Waals surface area contributed by atoms with E-state index in [0.717, 1.165) is 42.9 Å². The quantitative estimate of drug-likeness (QED) is 0.896. The summed E-state index contributed by atoms with van der Waals surface area (Å²) in [5.74, 6) is 1.23. The number of amides is 2. The molecule has 4 heterocycles. The number of hydrogen-bond acceptors (Lipinski definition) is 6. The topological polar surface area (TPSA) is 88.4 Å². The van der Waals surface area contributed by atoms with Gasteiger partial charge in [-0.2, -0.15) is 9.90 Å². The number of nitrogens with zero attached hydrogens (tertiary/aromatic N) is 6. The van der Waals surface area contributed by atoms with E-state index in [-0.39, 0.29) is 12.1 Å². The summed E-state index contributed by atoms with van der Waals surface area (Å²) in [5.41, 5.74) is 3.02. The maximum absolute atomic E-state index is 12.5. The van der Waals surface area contributed by atoms with Crippen LogP contribution in [-0.4, -0.2) is 57.2 Å². The lowest BCUT2D eigenvalue weighted by atomic mass is 10.0. The lowest BCUT2D eigenvalue weighted by Gasteiger charge is -2.40. The molecule has 0 bridgehead atoms. The minimum absolute atomic E-state index is 0.0911. The summed E-state index contributed by atoms with van der Waals surface area (Å²) in [7, 11) is 3.41. The lowest BCUT2D eigenvalue weighted by molar-refractivity contribution is 0.166. The molecule has 2 aliphatic heterocycles. The second-order valence-corrected chi connectivity index (χ2v) is 6.75.